The van der Waals surface area contributed by atoms with Gasteiger partial charge in [0.2, 0.25) is 6.79 Å². The lowest BCUT2D eigenvalue weighted by atomic mass is 9.90. The number of sulfone groups is 1. The molecule has 2 aliphatic rings. The van der Waals surface area contributed by atoms with Crippen LogP contribution in [0.15, 0.2) is 17.0 Å². The van der Waals surface area contributed by atoms with Gasteiger partial charge in [-0.3, -0.25) is 4.79 Å². The van der Waals surface area contributed by atoms with Gasteiger partial charge in [-0.05, 0) is 36.3 Å². The van der Waals surface area contributed by atoms with E-state index in [9.17, 15) is 13.2 Å². The van der Waals surface area contributed by atoms with E-state index in [1.165, 1.54) is 0 Å². The molecule has 1 aliphatic heterocycles. The van der Waals surface area contributed by atoms with Crippen LogP contribution in [0.5, 0.6) is 11.5 Å². The van der Waals surface area contributed by atoms with Crippen molar-refractivity contribution < 1.29 is 27.8 Å². The molecule has 7 heteroatoms. The summed E-state index contributed by atoms with van der Waals surface area (Å²) >= 11 is 0. The first-order chi connectivity index (χ1) is 9.88. The van der Waals surface area contributed by atoms with Crippen molar-refractivity contribution in [1.29, 1.82) is 0 Å². The molecular formula is C14H16O6S. The molecule has 1 atom stereocenters. The summed E-state index contributed by atoms with van der Waals surface area (Å²) in [6, 6.07) is 3.32. The van der Waals surface area contributed by atoms with E-state index in [0.29, 0.717) is 11.3 Å². The summed E-state index contributed by atoms with van der Waals surface area (Å²) in [7, 11) is -3.54. The molecule has 0 radical (unpaired) electrons. The first kappa shape index (κ1) is 14.2. The number of hydrogen-bond donors (Lipinski definition) is 1. The van der Waals surface area contributed by atoms with E-state index in [2.05, 4.69) is 0 Å². The van der Waals surface area contributed by atoms with Crippen LogP contribution < -0.4 is 9.47 Å². The molecule has 114 valence electrons. The molecule has 1 fully saturated rings. The van der Waals surface area contributed by atoms with Crippen LogP contribution in [0.1, 0.15) is 30.7 Å². The van der Waals surface area contributed by atoms with E-state index in [0.717, 1.165) is 19.1 Å². The topological polar surface area (TPSA) is 89.9 Å². The van der Waals surface area contributed by atoms with Gasteiger partial charge in [0.1, 0.15) is 4.90 Å². The number of ether oxygens (including phenoxy) is 2. The number of hydrogen-bond acceptors (Lipinski definition) is 5. The van der Waals surface area contributed by atoms with Crippen LogP contribution in [-0.2, 0) is 14.6 Å². The fraction of sp³-hybridized carbons (Fsp3) is 0.500. The van der Waals surface area contributed by atoms with Gasteiger partial charge in [0, 0.05) is 6.26 Å². The molecule has 21 heavy (non-hydrogen) atoms. The van der Waals surface area contributed by atoms with Crippen molar-refractivity contribution in [3.05, 3.63) is 17.7 Å². The van der Waals surface area contributed by atoms with Crippen LogP contribution >= 0.6 is 0 Å². The van der Waals surface area contributed by atoms with Crippen LogP contribution in [-0.4, -0.2) is 32.5 Å². The fourth-order valence-electron chi connectivity index (χ4n) is 2.85. The fourth-order valence-corrected chi connectivity index (χ4v) is 4.00. The average Bonchev–Trinajstić information content (AvgIpc) is 3.10. The highest BCUT2D eigenvalue weighted by Gasteiger charge is 2.38. The molecule has 1 saturated carbocycles. The predicted molar refractivity (Wildman–Crippen MR) is 73.4 cm³/mol. The van der Waals surface area contributed by atoms with E-state index in [1.54, 1.807) is 12.1 Å². The van der Waals surface area contributed by atoms with Crippen molar-refractivity contribution in [3.63, 3.8) is 0 Å². The van der Waals surface area contributed by atoms with Crippen molar-refractivity contribution in [2.75, 3.05) is 13.0 Å². The molecule has 0 bridgehead atoms. The van der Waals surface area contributed by atoms with Gasteiger partial charge >= 0.3 is 5.97 Å². The van der Waals surface area contributed by atoms with Crippen molar-refractivity contribution in [3.8, 4) is 11.5 Å². The molecule has 1 heterocycles. The van der Waals surface area contributed by atoms with Gasteiger partial charge in [0.25, 0.3) is 0 Å². The third-order valence-electron chi connectivity index (χ3n) is 3.88. The molecule has 0 saturated heterocycles. The molecule has 1 aromatic carbocycles. The lowest BCUT2D eigenvalue weighted by molar-refractivity contribution is -0.137. The maximum absolute atomic E-state index is 12.2. The Bertz CT molecular complexity index is 690. The molecule has 1 aliphatic carbocycles. The molecule has 3 rings (SSSR count). The van der Waals surface area contributed by atoms with E-state index in [4.69, 9.17) is 14.6 Å². The number of carboxylic acid groups (broad SMARTS) is 1. The Labute approximate surface area is 122 Å². The van der Waals surface area contributed by atoms with Gasteiger partial charge < -0.3 is 14.6 Å². The standard InChI is InChI=1S/C14H16O6S/c1-21(17,18)14-9(4-5-11-13(14)20-7-19-11)10(6-12(15)16)8-2-3-8/h4-5,8,10H,2-3,6-7H2,1H3,(H,15,16). The Hall–Kier alpha value is -1.76. The van der Waals surface area contributed by atoms with Gasteiger partial charge in [-0.1, -0.05) is 6.07 Å². The Morgan fingerprint density at radius 1 is 1.38 bits per heavy atom. The second-order valence-electron chi connectivity index (χ2n) is 5.53. The van der Waals surface area contributed by atoms with Gasteiger partial charge in [-0.25, -0.2) is 8.42 Å². The Balaban J connectivity index is 2.15. The largest absolute Gasteiger partial charge is 0.481 e. The normalized spacial score (nSPS) is 18.5. The Kier molecular flexibility index (Phi) is 3.32. The second kappa shape index (κ2) is 4.91. The number of carbonyl (C=O) groups is 1. The lowest BCUT2D eigenvalue weighted by Crippen LogP contribution is -2.13. The number of aliphatic carboxylic acids is 1. The molecule has 1 unspecified atom stereocenters. The van der Waals surface area contributed by atoms with Crippen molar-refractivity contribution in [1.82, 2.24) is 0 Å². The molecule has 1 N–H and O–H groups in total. The highest BCUT2D eigenvalue weighted by Crippen LogP contribution is 2.50. The van der Waals surface area contributed by atoms with Crippen molar-refractivity contribution in [2.45, 2.75) is 30.1 Å². The number of fused-ring (bicyclic) bond motifs is 1. The zero-order valence-corrected chi connectivity index (χ0v) is 12.4. The third kappa shape index (κ3) is 2.70. The lowest BCUT2D eigenvalue weighted by Gasteiger charge is -2.19. The summed E-state index contributed by atoms with van der Waals surface area (Å²) in [5.74, 6) is -0.400. The number of carboxylic acids is 1. The van der Waals surface area contributed by atoms with Crippen molar-refractivity contribution >= 4 is 15.8 Å². The zero-order chi connectivity index (χ0) is 15.2. The highest BCUT2D eigenvalue weighted by atomic mass is 32.2. The molecule has 0 aromatic heterocycles. The summed E-state index contributed by atoms with van der Waals surface area (Å²) in [5.41, 5.74) is 0.534. The highest BCUT2D eigenvalue weighted by molar-refractivity contribution is 7.90. The molecule has 0 spiro atoms. The molecule has 1 aromatic rings. The van der Waals surface area contributed by atoms with Crippen LogP contribution in [0, 0.1) is 5.92 Å². The summed E-state index contributed by atoms with van der Waals surface area (Å²) < 4.78 is 34.9. The van der Waals surface area contributed by atoms with Crippen LogP contribution in [0.3, 0.4) is 0 Å². The van der Waals surface area contributed by atoms with Crippen molar-refractivity contribution in [2.24, 2.45) is 5.92 Å². The third-order valence-corrected chi connectivity index (χ3v) is 5.04. The van der Waals surface area contributed by atoms with Crippen LogP contribution in [0.4, 0.5) is 0 Å². The van der Waals surface area contributed by atoms with Gasteiger partial charge in [0.15, 0.2) is 21.3 Å². The van der Waals surface area contributed by atoms with Crippen LogP contribution in [0.2, 0.25) is 0 Å². The minimum Gasteiger partial charge on any atom is -0.481 e. The minimum absolute atomic E-state index is 0.0195. The monoisotopic (exact) mass is 312 g/mol. The molecular weight excluding hydrogens is 296 g/mol. The van der Waals surface area contributed by atoms with Crippen LogP contribution in [0.25, 0.3) is 0 Å². The average molecular weight is 312 g/mol. The molecule has 6 nitrogen and oxygen atoms in total. The summed E-state index contributed by atoms with van der Waals surface area (Å²) in [6.07, 6.45) is 2.89. The first-order valence-electron chi connectivity index (χ1n) is 6.72. The van der Waals surface area contributed by atoms with Gasteiger partial charge in [-0.2, -0.15) is 0 Å². The number of benzene rings is 1. The van der Waals surface area contributed by atoms with Gasteiger partial charge in [-0.15, -0.1) is 0 Å². The van der Waals surface area contributed by atoms with E-state index in [1.807, 2.05) is 0 Å². The second-order valence-corrected chi connectivity index (χ2v) is 7.48. The maximum Gasteiger partial charge on any atom is 0.303 e. The summed E-state index contributed by atoms with van der Waals surface area (Å²) in [4.78, 5) is 11.2. The van der Waals surface area contributed by atoms with E-state index in [-0.39, 0.29) is 35.7 Å². The van der Waals surface area contributed by atoms with E-state index >= 15 is 0 Å². The van der Waals surface area contributed by atoms with Gasteiger partial charge in [0.05, 0.1) is 6.42 Å². The predicted octanol–water partition coefficient (Wildman–Crippen LogP) is 1.79. The first-order valence-corrected chi connectivity index (χ1v) is 8.61. The zero-order valence-electron chi connectivity index (χ0n) is 11.5. The summed E-state index contributed by atoms with van der Waals surface area (Å²) in [5, 5.41) is 9.10. The minimum atomic E-state index is -3.54. The molecule has 0 amide bonds. The quantitative estimate of drug-likeness (QED) is 0.891. The Morgan fingerprint density at radius 3 is 2.67 bits per heavy atom. The Morgan fingerprint density at radius 2 is 2.10 bits per heavy atom. The van der Waals surface area contributed by atoms with E-state index < -0.39 is 15.8 Å². The number of rotatable bonds is 5. The maximum atomic E-state index is 12.2. The smallest absolute Gasteiger partial charge is 0.303 e. The SMILES string of the molecule is CS(=O)(=O)c1c(C(CC(=O)O)C2CC2)ccc2c1OCO2. The summed E-state index contributed by atoms with van der Waals surface area (Å²) in [6.45, 7) is -0.0195.